The first-order valence-corrected chi connectivity index (χ1v) is 9.20. The van der Waals surface area contributed by atoms with Crippen LogP contribution in [0.1, 0.15) is 24.2 Å². The van der Waals surface area contributed by atoms with Gasteiger partial charge in [-0.1, -0.05) is 37.6 Å². The first-order valence-electron chi connectivity index (χ1n) is 8.82. The fourth-order valence-corrected chi connectivity index (χ4v) is 3.26. The predicted octanol–water partition coefficient (Wildman–Crippen LogP) is 4.28. The minimum atomic E-state index is -0.716. The molecule has 28 heavy (non-hydrogen) atoms. The number of amides is 1. The standard InChI is InChI=1S/C21H21ClN2O4/c1-12(2)11-24-16-7-5-4-6-14(16)19(25)18(21(24)27)20(26)23-15-9-8-13(22)10-17(15)28-3/h4-10,12,25H,11H2,1-3H3,(H,23,26). The number of fused-ring (bicyclic) bond motifs is 1. The van der Waals surface area contributed by atoms with Crippen LogP contribution in [0.15, 0.2) is 47.3 Å². The summed E-state index contributed by atoms with van der Waals surface area (Å²) < 4.78 is 6.75. The smallest absolute Gasteiger partial charge is 0.267 e. The van der Waals surface area contributed by atoms with Gasteiger partial charge in [0, 0.05) is 23.0 Å². The lowest BCUT2D eigenvalue weighted by molar-refractivity contribution is 0.102. The average Bonchev–Trinajstić information content (AvgIpc) is 2.66. The van der Waals surface area contributed by atoms with Gasteiger partial charge in [-0.2, -0.15) is 0 Å². The number of nitrogens with zero attached hydrogens (tertiary/aromatic N) is 1. The van der Waals surface area contributed by atoms with Gasteiger partial charge in [0.15, 0.2) is 0 Å². The van der Waals surface area contributed by atoms with Gasteiger partial charge in [-0.05, 0) is 30.2 Å². The van der Waals surface area contributed by atoms with Crippen LogP contribution in [0.2, 0.25) is 5.02 Å². The molecule has 1 heterocycles. The van der Waals surface area contributed by atoms with Crippen LogP contribution in [0.3, 0.4) is 0 Å². The van der Waals surface area contributed by atoms with Gasteiger partial charge >= 0.3 is 0 Å². The summed E-state index contributed by atoms with van der Waals surface area (Å²) in [4.78, 5) is 26.0. The molecule has 0 fully saturated rings. The van der Waals surface area contributed by atoms with Gasteiger partial charge in [0.05, 0.1) is 18.3 Å². The van der Waals surface area contributed by atoms with Crippen molar-refractivity contribution in [1.82, 2.24) is 4.57 Å². The number of hydrogen-bond donors (Lipinski definition) is 2. The van der Waals surface area contributed by atoms with Crippen LogP contribution in [0.4, 0.5) is 5.69 Å². The number of para-hydroxylation sites is 1. The molecule has 0 aliphatic carbocycles. The number of benzene rings is 2. The topological polar surface area (TPSA) is 80.6 Å². The van der Waals surface area contributed by atoms with E-state index in [1.54, 1.807) is 42.5 Å². The molecule has 7 heteroatoms. The summed E-state index contributed by atoms with van der Waals surface area (Å²) in [5.41, 5.74) is 0.0743. The Morgan fingerprint density at radius 2 is 1.96 bits per heavy atom. The van der Waals surface area contributed by atoms with E-state index in [2.05, 4.69) is 5.32 Å². The highest BCUT2D eigenvalue weighted by atomic mass is 35.5. The number of hydrogen-bond acceptors (Lipinski definition) is 4. The molecule has 0 saturated carbocycles. The van der Waals surface area contributed by atoms with Crippen LogP contribution in [0.25, 0.3) is 10.9 Å². The Morgan fingerprint density at radius 3 is 2.64 bits per heavy atom. The third kappa shape index (κ3) is 3.68. The summed E-state index contributed by atoms with van der Waals surface area (Å²) in [5.74, 6) is -0.529. The maximum Gasteiger partial charge on any atom is 0.267 e. The minimum absolute atomic E-state index is 0.179. The molecular weight excluding hydrogens is 380 g/mol. The number of halogens is 1. The Labute approximate surface area is 167 Å². The van der Waals surface area contributed by atoms with Gasteiger partial charge in [0.1, 0.15) is 17.1 Å². The number of aromatic hydroxyl groups is 1. The van der Waals surface area contributed by atoms with Crippen molar-refractivity contribution in [1.29, 1.82) is 0 Å². The third-order valence-corrected chi connectivity index (χ3v) is 4.57. The molecule has 2 aromatic carbocycles. The number of anilines is 1. The first kappa shape index (κ1) is 19.8. The van der Waals surface area contributed by atoms with Crippen LogP contribution in [-0.2, 0) is 6.54 Å². The number of aromatic nitrogens is 1. The lowest BCUT2D eigenvalue weighted by atomic mass is 10.1. The fraction of sp³-hybridized carbons (Fsp3) is 0.238. The van der Waals surface area contributed by atoms with Crippen LogP contribution in [0, 0.1) is 5.92 Å². The quantitative estimate of drug-likeness (QED) is 0.669. The highest BCUT2D eigenvalue weighted by Crippen LogP contribution is 2.30. The Balaban J connectivity index is 2.15. The second kappa shape index (κ2) is 7.94. The summed E-state index contributed by atoms with van der Waals surface area (Å²) in [6, 6.07) is 11.7. The summed E-state index contributed by atoms with van der Waals surface area (Å²) >= 11 is 5.95. The van der Waals surface area contributed by atoms with Crippen molar-refractivity contribution < 1.29 is 14.6 Å². The van der Waals surface area contributed by atoms with Crippen LogP contribution in [-0.4, -0.2) is 22.7 Å². The molecular formula is C21H21ClN2O4. The molecule has 0 bridgehead atoms. The van der Waals surface area contributed by atoms with E-state index in [9.17, 15) is 14.7 Å². The molecule has 146 valence electrons. The van der Waals surface area contributed by atoms with Crippen LogP contribution in [0.5, 0.6) is 11.5 Å². The van der Waals surface area contributed by atoms with Crippen molar-refractivity contribution in [3.05, 3.63) is 63.4 Å². The zero-order valence-electron chi connectivity index (χ0n) is 15.8. The van der Waals surface area contributed by atoms with Gasteiger partial charge < -0.3 is 19.7 Å². The first-order chi connectivity index (χ1) is 13.3. The lowest BCUT2D eigenvalue weighted by Gasteiger charge is -2.17. The summed E-state index contributed by atoms with van der Waals surface area (Å²) in [7, 11) is 1.45. The highest BCUT2D eigenvalue weighted by Gasteiger charge is 2.23. The van der Waals surface area contributed by atoms with Crippen molar-refractivity contribution in [2.75, 3.05) is 12.4 Å². The van der Waals surface area contributed by atoms with Gasteiger partial charge in [-0.25, -0.2) is 0 Å². The van der Waals surface area contributed by atoms with Crippen molar-refractivity contribution in [2.24, 2.45) is 5.92 Å². The third-order valence-electron chi connectivity index (χ3n) is 4.33. The zero-order valence-corrected chi connectivity index (χ0v) is 16.6. The number of methoxy groups -OCH3 is 1. The van der Waals surface area contributed by atoms with E-state index in [0.29, 0.717) is 33.9 Å². The maximum atomic E-state index is 13.1. The van der Waals surface area contributed by atoms with Crippen molar-refractivity contribution in [2.45, 2.75) is 20.4 Å². The van der Waals surface area contributed by atoms with E-state index in [-0.39, 0.29) is 17.2 Å². The molecule has 2 N–H and O–H groups in total. The normalized spacial score (nSPS) is 11.0. The molecule has 0 radical (unpaired) electrons. The lowest BCUT2D eigenvalue weighted by Crippen LogP contribution is -2.31. The van der Waals surface area contributed by atoms with Gasteiger partial charge in [0.2, 0.25) is 0 Å². The number of pyridine rings is 1. The number of carbonyl (C=O) groups is 1. The fourth-order valence-electron chi connectivity index (χ4n) is 3.09. The molecule has 1 aromatic heterocycles. The molecule has 0 saturated heterocycles. The summed E-state index contributed by atoms with van der Waals surface area (Å²) in [6.45, 7) is 4.38. The number of carbonyl (C=O) groups excluding carboxylic acids is 1. The second-order valence-electron chi connectivity index (χ2n) is 6.85. The Hall–Kier alpha value is -2.99. The van der Waals surface area contributed by atoms with E-state index >= 15 is 0 Å². The van der Waals surface area contributed by atoms with E-state index < -0.39 is 11.5 Å². The molecule has 3 aromatic rings. The molecule has 0 atom stereocenters. The molecule has 0 aliphatic rings. The van der Waals surface area contributed by atoms with Gasteiger partial charge in [-0.15, -0.1) is 0 Å². The van der Waals surface area contributed by atoms with Crippen molar-refractivity contribution in [3.8, 4) is 11.5 Å². The van der Waals surface area contributed by atoms with Gasteiger partial charge in [0.25, 0.3) is 11.5 Å². The summed E-state index contributed by atoms with van der Waals surface area (Å²) in [6.07, 6.45) is 0. The summed E-state index contributed by atoms with van der Waals surface area (Å²) in [5, 5.41) is 14.2. The van der Waals surface area contributed by atoms with Gasteiger partial charge in [-0.3, -0.25) is 9.59 Å². The molecule has 0 unspecified atom stereocenters. The monoisotopic (exact) mass is 400 g/mol. The molecule has 3 rings (SSSR count). The SMILES string of the molecule is COc1cc(Cl)ccc1NC(=O)c1c(O)c2ccccc2n(CC(C)C)c1=O. The van der Waals surface area contributed by atoms with E-state index in [0.717, 1.165) is 0 Å². The zero-order chi connectivity index (χ0) is 20.4. The number of ether oxygens (including phenoxy) is 1. The minimum Gasteiger partial charge on any atom is -0.506 e. The Morgan fingerprint density at radius 1 is 1.25 bits per heavy atom. The van der Waals surface area contributed by atoms with E-state index in [4.69, 9.17) is 16.3 Å². The molecule has 0 spiro atoms. The molecule has 1 amide bonds. The predicted molar refractivity (Wildman–Crippen MR) is 111 cm³/mol. The molecule has 0 aliphatic heterocycles. The Kier molecular flexibility index (Phi) is 5.61. The average molecular weight is 401 g/mol. The van der Waals surface area contributed by atoms with Crippen molar-refractivity contribution >= 4 is 34.1 Å². The van der Waals surface area contributed by atoms with E-state index in [1.807, 2.05) is 13.8 Å². The van der Waals surface area contributed by atoms with E-state index in [1.165, 1.54) is 11.7 Å². The van der Waals surface area contributed by atoms with Crippen LogP contribution >= 0.6 is 11.6 Å². The Bertz CT molecular complexity index is 1110. The number of nitrogens with one attached hydrogen (secondary N) is 1. The van der Waals surface area contributed by atoms with Crippen LogP contribution < -0.4 is 15.6 Å². The maximum absolute atomic E-state index is 13.1. The van der Waals surface area contributed by atoms with Crippen molar-refractivity contribution in [3.63, 3.8) is 0 Å². The largest absolute Gasteiger partial charge is 0.506 e. The highest BCUT2D eigenvalue weighted by molar-refractivity contribution is 6.30. The number of rotatable bonds is 5. The molecule has 6 nitrogen and oxygen atoms in total. The second-order valence-corrected chi connectivity index (χ2v) is 7.29.